The maximum atomic E-state index is 12.6. The molecule has 1 aliphatic rings. The second-order valence-electron chi connectivity index (χ2n) is 11.3. The lowest BCUT2D eigenvalue weighted by atomic mass is 9.90. The normalized spacial score (nSPS) is 21.8. The second-order valence-corrected chi connectivity index (χ2v) is 12.0. The fourth-order valence-corrected chi connectivity index (χ4v) is 5.53. The average Bonchev–Trinajstić information content (AvgIpc) is 3.01. The van der Waals surface area contributed by atoms with Crippen molar-refractivity contribution in [3.63, 3.8) is 0 Å². The van der Waals surface area contributed by atoms with Gasteiger partial charge in [-0.1, -0.05) is 97.0 Å². The number of benzene rings is 1. The first kappa shape index (κ1) is 37.5. The van der Waals surface area contributed by atoms with Crippen LogP contribution in [0.2, 0.25) is 0 Å². The SMILES string of the molecule is C#C/C=C(C)/C=C/[C@@H]1O[C@H](c2ccccc2)OC[C@H]1CC(C)/C=C/C(=O)O[C@H](C)CCC/C=C(/C[C@H](C)/C=C/I)OCOC. The largest absolute Gasteiger partial charge is 0.472 e. The van der Waals surface area contributed by atoms with E-state index in [1.54, 1.807) is 19.3 Å². The third-order valence-corrected chi connectivity index (χ3v) is 7.58. The van der Waals surface area contributed by atoms with Crippen molar-refractivity contribution in [2.75, 3.05) is 20.5 Å². The van der Waals surface area contributed by atoms with Gasteiger partial charge in [0.15, 0.2) is 13.1 Å². The fraction of sp³-hybridized carbons (Fsp3) is 0.486. The van der Waals surface area contributed by atoms with E-state index in [0.717, 1.165) is 49.0 Å². The van der Waals surface area contributed by atoms with Crippen LogP contribution in [0.15, 0.2) is 88.3 Å². The topological polar surface area (TPSA) is 63.2 Å². The van der Waals surface area contributed by atoms with Crippen LogP contribution >= 0.6 is 22.6 Å². The van der Waals surface area contributed by atoms with Gasteiger partial charge in [-0.25, -0.2) is 4.79 Å². The number of ether oxygens (including phenoxy) is 5. The highest BCUT2D eigenvalue weighted by Crippen LogP contribution is 2.33. The van der Waals surface area contributed by atoms with Gasteiger partial charge in [0, 0.05) is 31.1 Å². The molecule has 0 amide bonds. The highest BCUT2D eigenvalue weighted by molar-refractivity contribution is 14.1. The van der Waals surface area contributed by atoms with Crippen molar-refractivity contribution < 1.29 is 28.5 Å². The zero-order chi connectivity index (χ0) is 32.2. The molecular weight excluding hydrogens is 667 g/mol. The molecule has 6 atom stereocenters. The van der Waals surface area contributed by atoms with E-state index < -0.39 is 6.29 Å². The molecule has 44 heavy (non-hydrogen) atoms. The summed E-state index contributed by atoms with van der Waals surface area (Å²) in [6.45, 7) is 8.93. The molecular formula is C37H49IO6. The summed E-state index contributed by atoms with van der Waals surface area (Å²) >= 11 is 2.23. The second kappa shape index (κ2) is 22.0. The lowest BCUT2D eigenvalue weighted by Gasteiger charge is -2.36. The number of hydrogen-bond donors (Lipinski definition) is 0. The standard InChI is InChI=1S/C37H49IO6/c1-7-13-28(2)18-20-35-33(26-41-37(44-35)32-15-9-8-10-16-32)24-29(3)19-21-36(39)43-31(5)14-11-12-17-34(42-27-40-6)25-30(4)22-23-38/h1,8-10,13,15-23,29-31,33,35,37H,11-12,14,24-27H2,2-6H3/b20-18+,21-19+,23-22+,28-13+,34-17-/t29?,30-,31-,33-,35+,37-/m1/s1. The number of rotatable bonds is 18. The lowest BCUT2D eigenvalue weighted by Crippen LogP contribution is -2.36. The van der Waals surface area contributed by atoms with Gasteiger partial charge in [-0.2, -0.15) is 0 Å². The van der Waals surface area contributed by atoms with Crippen LogP contribution in [-0.4, -0.2) is 38.7 Å². The predicted octanol–water partition coefficient (Wildman–Crippen LogP) is 9.02. The zero-order valence-corrected chi connectivity index (χ0v) is 29.0. The first-order chi connectivity index (χ1) is 21.2. The molecule has 240 valence electrons. The Kier molecular flexibility index (Phi) is 18.7. The Morgan fingerprint density at radius 2 is 1.93 bits per heavy atom. The van der Waals surface area contributed by atoms with Crippen LogP contribution in [0.1, 0.15) is 71.7 Å². The van der Waals surface area contributed by atoms with Crippen molar-refractivity contribution in [2.45, 2.75) is 78.3 Å². The first-order valence-electron chi connectivity index (χ1n) is 15.3. The monoisotopic (exact) mass is 716 g/mol. The van der Waals surface area contributed by atoms with E-state index in [1.807, 2.05) is 60.4 Å². The van der Waals surface area contributed by atoms with Crippen LogP contribution in [0.25, 0.3) is 0 Å². The average molecular weight is 717 g/mol. The van der Waals surface area contributed by atoms with Crippen LogP contribution in [0.3, 0.4) is 0 Å². The molecule has 1 fully saturated rings. The molecule has 1 aliphatic heterocycles. The summed E-state index contributed by atoms with van der Waals surface area (Å²) in [4.78, 5) is 12.6. The molecule has 0 spiro atoms. The summed E-state index contributed by atoms with van der Waals surface area (Å²) in [6.07, 6.45) is 22.3. The fourth-order valence-electron chi connectivity index (χ4n) is 4.82. The van der Waals surface area contributed by atoms with Gasteiger partial charge in [0.2, 0.25) is 0 Å². The number of halogens is 1. The van der Waals surface area contributed by atoms with E-state index >= 15 is 0 Å². The minimum atomic E-state index is -0.428. The third-order valence-electron chi connectivity index (χ3n) is 7.16. The van der Waals surface area contributed by atoms with E-state index in [9.17, 15) is 4.79 Å². The minimum Gasteiger partial charge on any atom is -0.472 e. The van der Waals surface area contributed by atoms with Gasteiger partial charge in [0.1, 0.15) is 0 Å². The summed E-state index contributed by atoms with van der Waals surface area (Å²) in [5.74, 6) is 3.79. The number of esters is 1. The number of unbranched alkanes of at least 4 members (excludes halogenated alkanes) is 1. The maximum Gasteiger partial charge on any atom is 0.330 e. The highest BCUT2D eigenvalue weighted by atomic mass is 127. The number of carbonyl (C=O) groups is 1. The van der Waals surface area contributed by atoms with Crippen molar-refractivity contribution in [1.29, 1.82) is 0 Å². The molecule has 1 saturated heterocycles. The number of carbonyl (C=O) groups excluding carboxylic acids is 1. The van der Waals surface area contributed by atoms with Crippen molar-refractivity contribution in [3.05, 3.63) is 93.8 Å². The van der Waals surface area contributed by atoms with Crippen molar-refractivity contribution >= 4 is 28.6 Å². The lowest BCUT2D eigenvalue weighted by molar-refractivity contribution is -0.230. The Bertz CT molecular complexity index is 1160. The Labute approximate surface area is 278 Å². The first-order valence-corrected chi connectivity index (χ1v) is 16.6. The highest BCUT2D eigenvalue weighted by Gasteiger charge is 2.31. The summed E-state index contributed by atoms with van der Waals surface area (Å²) in [5.41, 5.74) is 1.97. The van der Waals surface area contributed by atoms with Crippen LogP contribution in [-0.2, 0) is 28.5 Å². The van der Waals surface area contributed by atoms with Crippen LogP contribution in [0.5, 0.6) is 0 Å². The van der Waals surface area contributed by atoms with Crippen molar-refractivity contribution in [1.82, 2.24) is 0 Å². The molecule has 1 aromatic rings. The number of hydrogen-bond acceptors (Lipinski definition) is 6. The van der Waals surface area contributed by atoms with Gasteiger partial charge < -0.3 is 23.7 Å². The van der Waals surface area contributed by atoms with Gasteiger partial charge in [0.25, 0.3) is 0 Å². The van der Waals surface area contributed by atoms with Gasteiger partial charge in [-0.15, -0.1) is 6.42 Å². The summed E-state index contributed by atoms with van der Waals surface area (Å²) in [6, 6.07) is 9.94. The van der Waals surface area contributed by atoms with E-state index in [2.05, 4.69) is 60.6 Å². The predicted molar refractivity (Wildman–Crippen MR) is 186 cm³/mol. The molecule has 0 aliphatic carbocycles. The summed E-state index contributed by atoms with van der Waals surface area (Å²) in [7, 11) is 1.62. The quantitative estimate of drug-likeness (QED) is 0.0221. The van der Waals surface area contributed by atoms with E-state index in [0.29, 0.717) is 12.5 Å². The molecule has 1 unspecified atom stereocenters. The van der Waals surface area contributed by atoms with E-state index in [4.69, 9.17) is 30.1 Å². The molecule has 2 rings (SSSR count). The van der Waals surface area contributed by atoms with E-state index in [1.165, 1.54) is 0 Å². The molecule has 1 heterocycles. The Hall–Kier alpha value is -2.64. The molecule has 0 saturated carbocycles. The summed E-state index contributed by atoms with van der Waals surface area (Å²) < 4.78 is 31.0. The van der Waals surface area contributed by atoms with Gasteiger partial charge >= 0.3 is 5.97 Å². The van der Waals surface area contributed by atoms with Crippen LogP contribution < -0.4 is 0 Å². The van der Waals surface area contributed by atoms with Crippen molar-refractivity contribution in [3.8, 4) is 12.3 Å². The summed E-state index contributed by atoms with van der Waals surface area (Å²) in [5, 5.41) is 0. The van der Waals surface area contributed by atoms with E-state index in [-0.39, 0.29) is 36.8 Å². The molecule has 7 heteroatoms. The number of methoxy groups -OCH3 is 1. The Morgan fingerprint density at radius 1 is 1.16 bits per heavy atom. The molecule has 6 nitrogen and oxygen atoms in total. The van der Waals surface area contributed by atoms with Gasteiger partial charge in [-0.3, -0.25) is 0 Å². The maximum absolute atomic E-state index is 12.6. The third kappa shape index (κ3) is 15.4. The number of terminal acetylenes is 1. The molecule has 0 aromatic heterocycles. The van der Waals surface area contributed by atoms with Gasteiger partial charge in [-0.05, 0) is 73.2 Å². The molecule has 0 bridgehead atoms. The Morgan fingerprint density at radius 3 is 2.64 bits per heavy atom. The smallest absolute Gasteiger partial charge is 0.330 e. The Balaban J connectivity index is 1.87. The number of allylic oxidation sites excluding steroid dienone is 7. The van der Waals surface area contributed by atoms with Gasteiger partial charge in [0.05, 0.1) is 24.6 Å². The minimum absolute atomic E-state index is 0.117. The molecule has 0 radical (unpaired) electrons. The molecule has 1 aromatic carbocycles. The van der Waals surface area contributed by atoms with Crippen LogP contribution in [0, 0.1) is 30.1 Å². The van der Waals surface area contributed by atoms with Crippen molar-refractivity contribution in [2.24, 2.45) is 17.8 Å². The van der Waals surface area contributed by atoms with Crippen LogP contribution in [0.4, 0.5) is 0 Å². The zero-order valence-electron chi connectivity index (χ0n) is 26.8. The molecule has 0 N–H and O–H groups in total.